The number of pyridine rings is 1. The highest BCUT2D eigenvalue weighted by Gasteiger charge is 2.19. The molecule has 0 atom stereocenters. The first-order valence-corrected chi connectivity index (χ1v) is 10.9. The minimum absolute atomic E-state index is 0.159. The van der Waals surface area contributed by atoms with Gasteiger partial charge in [-0.15, -0.1) is 0 Å². The molecule has 6 rings (SSSR count). The van der Waals surface area contributed by atoms with Crippen LogP contribution in [0.4, 0.5) is 0 Å². The minimum atomic E-state index is -0.159. The highest BCUT2D eigenvalue weighted by Crippen LogP contribution is 2.24. The van der Waals surface area contributed by atoms with Crippen LogP contribution in [0, 0.1) is 0 Å². The van der Waals surface area contributed by atoms with Crippen LogP contribution >= 0.6 is 0 Å². The van der Waals surface area contributed by atoms with E-state index in [0.717, 1.165) is 23.1 Å². The van der Waals surface area contributed by atoms with Crippen molar-refractivity contribution in [3.8, 4) is 0 Å². The van der Waals surface area contributed by atoms with Gasteiger partial charge in [0.2, 0.25) is 0 Å². The standard InChI is InChI=1S/C26H19N7O/c34-26-22-23-25(31-21-9-5-4-8-20(21)30-23)33(29-16-19-10-13-27-14-11-19)24(22)28-17-32(26)15-12-18-6-2-1-3-7-18/h1-11,13-14,16-17H,12,15H2/b29-16+. The third-order valence-electron chi connectivity index (χ3n) is 5.72. The summed E-state index contributed by atoms with van der Waals surface area (Å²) in [6, 6.07) is 21.4. The van der Waals surface area contributed by atoms with Crippen LogP contribution in [-0.4, -0.2) is 35.4 Å². The topological polar surface area (TPSA) is 90.8 Å². The number of nitrogens with zero attached hydrogens (tertiary/aromatic N) is 7. The molecule has 6 aromatic rings. The van der Waals surface area contributed by atoms with Gasteiger partial charge >= 0.3 is 0 Å². The van der Waals surface area contributed by atoms with Crippen LogP contribution in [0.5, 0.6) is 0 Å². The molecule has 0 spiro atoms. The summed E-state index contributed by atoms with van der Waals surface area (Å²) in [4.78, 5) is 31.8. The van der Waals surface area contributed by atoms with Gasteiger partial charge in [0.1, 0.15) is 10.9 Å². The number of benzene rings is 2. The van der Waals surface area contributed by atoms with E-state index < -0.39 is 0 Å². The van der Waals surface area contributed by atoms with Crippen molar-refractivity contribution in [3.05, 3.63) is 107 Å². The maximum Gasteiger partial charge on any atom is 0.265 e. The van der Waals surface area contributed by atoms with Gasteiger partial charge in [-0.25, -0.2) is 15.0 Å². The Hall–Kier alpha value is -4.72. The molecule has 0 radical (unpaired) electrons. The van der Waals surface area contributed by atoms with Crippen LogP contribution < -0.4 is 5.56 Å². The normalized spacial score (nSPS) is 11.8. The first-order valence-electron chi connectivity index (χ1n) is 10.9. The van der Waals surface area contributed by atoms with Gasteiger partial charge in [-0.3, -0.25) is 14.3 Å². The molecule has 0 amide bonds. The average Bonchev–Trinajstić information content (AvgIpc) is 3.20. The first kappa shape index (κ1) is 19.9. The van der Waals surface area contributed by atoms with Crippen molar-refractivity contribution in [2.45, 2.75) is 13.0 Å². The zero-order valence-corrected chi connectivity index (χ0v) is 18.1. The molecule has 0 aliphatic heterocycles. The van der Waals surface area contributed by atoms with Crippen molar-refractivity contribution in [3.63, 3.8) is 0 Å². The zero-order chi connectivity index (χ0) is 22.9. The van der Waals surface area contributed by atoms with Crippen molar-refractivity contribution >= 4 is 39.4 Å². The van der Waals surface area contributed by atoms with Crippen molar-refractivity contribution in [1.82, 2.24) is 29.2 Å². The Morgan fingerprint density at radius 1 is 0.853 bits per heavy atom. The number of hydrogen-bond donors (Lipinski definition) is 0. The van der Waals surface area contributed by atoms with Crippen LogP contribution in [0.15, 0.2) is 95.3 Å². The van der Waals surface area contributed by atoms with Crippen LogP contribution in [0.3, 0.4) is 0 Å². The van der Waals surface area contributed by atoms with E-state index in [4.69, 9.17) is 9.97 Å². The Kier molecular flexibility index (Phi) is 4.88. The summed E-state index contributed by atoms with van der Waals surface area (Å²) in [6.45, 7) is 0.514. The van der Waals surface area contributed by atoms with Gasteiger partial charge in [-0.2, -0.15) is 9.78 Å². The zero-order valence-electron chi connectivity index (χ0n) is 18.1. The van der Waals surface area contributed by atoms with Gasteiger partial charge in [0.15, 0.2) is 11.3 Å². The summed E-state index contributed by atoms with van der Waals surface area (Å²) in [5.41, 5.74) is 4.72. The van der Waals surface area contributed by atoms with E-state index in [2.05, 4.69) is 15.1 Å². The predicted octanol–water partition coefficient (Wildman–Crippen LogP) is 3.81. The maximum atomic E-state index is 13.6. The van der Waals surface area contributed by atoms with Gasteiger partial charge in [0.05, 0.1) is 23.6 Å². The molecule has 4 aromatic heterocycles. The third kappa shape index (κ3) is 3.51. The molecule has 0 aliphatic carbocycles. The Labute approximate surface area is 193 Å². The molecular weight excluding hydrogens is 426 g/mol. The van der Waals surface area contributed by atoms with Crippen molar-refractivity contribution < 1.29 is 0 Å². The fraction of sp³-hybridized carbons (Fsp3) is 0.0769. The molecule has 2 aromatic carbocycles. The van der Waals surface area contributed by atoms with Crippen LogP contribution in [0.2, 0.25) is 0 Å². The lowest BCUT2D eigenvalue weighted by atomic mass is 10.1. The van der Waals surface area contributed by atoms with E-state index in [0.29, 0.717) is 34.3 Å². The van der Waals surface area contributed by atoms with E-state index in [1.54, 1.807) is 34.2 Å². The molecule has 0 N–H and O–H groups in total. The molecule has 0 unspecified atom stereocenters. The fourth-order valence-corrected chi connectivity index (χ4v) is 3.99. The number of hydrogen-bond acceptors (Lipinski definition) is 6. The highest BCUT2D eigenvalue weighted by atomic mass is 16.1. The van der Waals surface area contributed by atoms with E-state index in [1.165, 1.54) is 0 Å². The highest BCUT2D eigenvalue weighted by molar-refractivity contribution is 6.04. The van der Waals surface area contributed by atoms with E-state index >= 15 is 0 Å². The van der Waals surface area contributed by atoms with Crippen molar-refractivity contribution in [1.29, 1.82) is 0 Å². The Bertz CT molecular complexity index is 1720. The Morgan fingerprint density at radius 3 is 2.38 bits per heavy atom. The lowest BCUT2D eigenvalue weighted by molar-refractivity contribution is 0.661. The van der Waals surface area contributed by atoms with Crippen molar-refractivity contribution in [2.75, 3.05) is 0 Å². The quantitative estimate of drug-likeness (QED) is 0.376. The summed E-state index contributed by atoms with van der Waals surface area (Å²) in [5.74, 6) is 0. The predicted molar refractivity (Wildman–Crippen MR) is 132 cm³/mol. The number of aryl methyl sites for hydroxylation is 2. The molecule has 0 bridgehead atoms. The van der Waals surface area contributed by atoms with Gasteiger partial charge in [-0.05, 0) is 41.8 Å². The smallest absolute Gasteiger partial charge is 0.265 e. The van der Waals surface area contributed by atoms with Crippen LogP contribution in [0.1, 0.15) is 11.1 Å². The number of fused-ring (bicyclic) bond motifs is 4. The monoisotopic (exact) mass is 445 g/mol. The summed E-state index contributed by atoms with van der Waals surface area (Å²) in [5, 5.41) is 5.03. The SMILES string of the molecule is O=c1c2c3nc4ccccc4nc3n(/N=C/c3ccncc3)c2ncn1CCc1ccccc1. The lowest BCUT2D eigenvalue weighted by Gasteiger charge is -2.05. The molecule has 164 valence electrons. The van der Waals surface area contributed by atoms with Gasteiger partial charge in [0.25, 0.3) is 5.56 Å². The minimum Gasteiger partial charge on any atom is -0.298 e. The summed E-state index contributed by atoms with van der Waals surface area (Å²) in [7, 11) is 0. The van der Waals surface area contributed by atoms with E-state index in [9.17, 15) is 4.79 Å². The molecular formula is C26H19N7O. The largest absolute Gasteiger partial charge is 0.298 e. The van der Waals surface area contributed by atoms with Gasteiger partial charge in [0, 0.05) is 18.9 Å². The maximum absolute atomic E-state index is 13.6. The van der Waals surface area contributed by atoms with Crippen LogP contribution in [-0.2, 0) is 13.0 Å². The Morgan fingerprint density at radius 2 is 1.59 bits per heavy atom. The van der Waals surface area contributed by atoms with Gasteiger partial charge < -0.3 is 0 Å². The molecule has 8 heteroatoms. The second-order valence-corrected chi connectivity index (χ2v) is 7.90. The Balaban J connectivity index is 1.55. The molecule has 0 saturated heterocycles. The average molecular weight is 445 g/mol. The summed E-state index contributed by atoms with van der Waals surface area (Å²) < 4.78 is 3.22. The fourth-order valence-electron chi connectivity index (χ4n) is 3.99. The summed E-state index contributed by atoms with van der Waals surface area (Å²) in [6.07, 6.45) is 7.39. The van der Waals surface area contributed by atoms with Crippen molar-refractivity contribution in [2.24, 2.45) is 5.10 Å². The second kappa shape index (κ2) is 8.32. The van der Waals surface area contributed by atoms with Crippen LogP contribution in [0.25, 0.3) is 33.2 Å². The van der Waals surface area contributed by atoms with E-state index in [1.807, 2.05) is 66.7 Å². The molecule has 0 aliphatic rings. The molecule has 0 saturated carbocycles. The van der Waals surface area contributed by atoms with E-state index in [-0.39, 0.29) is 5.56 Å². The second-order valence-electron chi connectivity index (χ2n) is 7.90. The molecule has 4 heterocycles. The molecule has 34 heavy (non-hydrogen) atoms. The van der Waals surface area contributed by atoms with Gasteiger partial charge in [-0.1, -0.05) is 42.5 Å². The first-order chi connectivity index (χ1) is 16.8. The number of aromatic nitrogens is 6. The number of para-hydroxylation sites is 2. The lowest BCUT2D eigenvalue weighted by Crippen LogP contribution is -2.21. The third-order valence-corrected chi connectivity index (χ3v) is 5.72. The molecule has 8 nitrogen and oxygen atoms in total. The molecule has 0 fully saturated rings. The number of rotatable bonds is 5. The summed E-state index contributed by atoms with van der Waals surface area (Å²) >= 11 is 0.